The van der Waals surface area contributed by atoms with Crippen LogP contribution in [0.25, 0.3) is 0 Å². The van der Waals surface area contributed by atoms with Crippen molar-refractivity contribution in [1.29, 1.82) is 0 Å². The molecule has 2 rings (SSSR count). The molecule has 1 aromatic heterocycles. The van der Waals surface area contributed by atoms with Gasteiger partial charge in [-0.15, -0.1) is 0 Å². The van der Waals surface area contributed by atoms with Gasteiger partial charge in [0.2, 0.25) is 5.91 Å². The number of hydrogen-bond acceptors (Lipinski definition) is 5. The monoisotopic (exact) mass is 333 g/mol. The van der Waals surface area contributed by atoms with E-state index >= 15 is 0 Å². The number of aromatic amines is 1. The Bertz CT molecular complexity index is 741. The maximum atomic E-state index is 12.0. The normalized spacial score (nSPS) is 10.4. The van der Waals surface area contributed by atoms with Crippen molar-refractivity contribution in [2.45, 2.75) is 25.4 Å². The Morgan fingerprint density at radius 1 is 1.35 bits per heavy atom. The molecule has 0 saturated heterocycles. The van der Waals surface area contributed by atoms with Crippen LogP contribution in [0.1, 0.15) is 18.2 Å². The van der Waals surface area contributed by atoms with Crippen LogP contribution < -0.4 is 15.6 Å². The summed E-state index contributed by atoms with van der Waals surface area (Å²) in [5.41, 5.74) is 1.91. The van der Waals surface area contributed by atoms with E-state index in [2.05, 4.69) is 15.3 Å². The Hall–Kier alpha value is -2.28. The SMILES string of the molecule is CCc1nc(SCC(=O)Nc2ccc(OC)cc2)[nH]c(=O)c1C. The minimum absolute atomic E-state index is 0.157. The Labute approximate surface area is 138 Å². The van der Waals surface area contributed by atoms with E-state index in [1.54, 1.807) is 38.3 Å². The summed E-state index contributed by atoms with van der Waals surface area (Å²) in [7, 11) is 1.59. The number of aromatic nitrogens is 2. The first-order valence-electron chi connectivity index (χ1n) is 7.20. The van der Waals surface area contributed by atoms with Gasteiger partial charge in [0.05, 0.1) is 18.6 Å². The van der Waals surface area contributed by atoms with Crippen LogP contribution in [-0.4, -0.2) is 28.7 Å². The van der Waals surface area contributed by atoms with Crippen LogP contribution in [0.3, 0.4) is 0 Å². The van der Waals surface area contributed by atoms with Crippen molar-refractivity contribution in [3.8, 4) is 5.75 Å². The zero-order valence-electron chi connectivity index (χ0n) is 13.3. The van der Waals surface area contributed by atoms with Crippen molar-refractivity contribution in [2.75, 3.05) is 18.2 Å². The summed E-state index contributed by atoms with van der Waals surface area (Å²) in [4.78, 5) is 30.8. The van der Waals surface area contributed by atoms with Gasteiger partial charge in [-0.25, -0.2) is 4.98 Å². The molecule has 23 heavy (non-hydrogen) atoms. The average Bonchev–Trinajstić information content (AvgIpc) is 2.56. The van der Waals surface area contributed by atoms with Crippen LogP contribution in [0.2, 0.25) is 0 Å². The Morgan fingerprint density at radius 3 is 2.65 bits per heavy atom. The number of nitrogens with one attached hydrogen (secondary N) is 2. The summed E-state index contributed by atoms with van der Waals surface area (Å²) in [6.07, 6.45) is 0.682. The van der Waals surface area contributed by atoms with Crippen molar-refractivity contribution in [2.24, 2.45) is 0 Å². The van der Waals surface area contributed by atoms with Gasteiger partial charge in [0.15, 0.2) is 5.16 Å². The van der Waals surface area contributed by atoms with Gasteiger partial charge in [0.25, 0.3) is 5.56 Å². The van der Waals surface area contributed by atoms with Gasteiger partial charge in [-0.05, 0) is 37.6 Å². The number of benzene rings is 1. The molecule has 122 valence electrons. The molecule has 1 heterocycles. The van der Waals surface area contributed by atoms with Crippen molar-refractivity contribution in [3.05, 3.63) is 45.9 Å². The van der Waals surface area contributed by atoms with Crippen molar-refractivity contribution in [3.63, 3.8) is 0 Å². The third kappa shape index (κ3) is 4.59. The van der Waals surface area contributed by atoms with Gasteiger partial charge in [0, 0.05) is 11.3 Å². The molecule has 0 atom stereocenters. The first kappa shape index (κ1) is 17.1. The summed E-state index contributed by atoms with van der Waals surface area (Å²) >= 11 is 1.20. The van der Waals surface area contributed by atoms with Gasteiger partial charge < -0.3 is 15.0 Å². The highest BCUT2D eigenvalue weighted by Crippen LogP contribution is 2.17. The fourth-order valence-electron chi connectivity index (χ4n) is 1.97. The van der Waals surface area contributed by atoms with E-state index in [0.29, 0.717) is 22.8 Å². The van der Waals surface area contributed by atoms with Crippen molar-refractivity contribution in [1.82, 2.24) is 9.97 Å². The van der Waals surface area contributed by atoms with Gasteiger partial charge in [-0.3, -0.25) is 9.59 Å². The third-order valence-electron chi connectivity index (χ3n) is 3.28. The predicted molar refractivity (Wildman–Crippen MR) is 91.3 cm³/mol. The van der Waals surface area contributed by atoms with E-state index in [1.807, 2.05) is 6.92 Å². The van der Waals surface area contributed by atoms with Crippen molar-refractivity contribution < 1.29 is 9.53 Å². The molecule has 1 aromatic carbocycles. The average molecular weight is 333 g/mol. The Kier molecular flexibility index (Phi) is 5.81. The number of rotatable bonds is 6. The third-order valence-corrected chi connectivity index (χ3v) is 4.15. The van der Waals surface area contributed by atoms with E-state index in [1.165, 1.54) is 11.8 Å². The summed E-state index contributed by atoms with van der Waals surface area (Å²) in [5.74, 6) is 0.730. The maximum absolute atomic E-state index is 12.0. The van der Waals surface area contributed by atoms with Crippen molar-refractivity contribution >= 4 is 23.4 Å². The number of hydrogen-bond donors (Lipinski definition) is 2. The van der Waals surface area contributed by atoms with Crippen LogP contribution in [0, 0.1) is 6.92 Å². The Morgan fingerprint density at radius 2 is 2.04 bits per heavy atom. The number of thioether (sulfide) groups is 1. The van der Waals surface area contributed by atoms with Gasteiger partial charge in [-0.1, -0.05) is 18.7 Å². The predicted octanol–water partition coefficient (Wildman–Crippen LogP) is 2.38. The number of H-pyrrole nitrogens is 1. The highest BCUT2D eigenvalue weighted by molar-refractivity contribution is 7.99. The van der Waals surface area contributed by atoms with E-state index in [0.717, 1.165) is 11.4 Å². The second-order valence-electron chi connectivity index (χ2n) is 4.86. The standard InChI is InChI=1S/C16H19N3O3S/c1-4-13-10(2)15(21)19-16(18-13)23-9-14(20)17-11-5-7-12(22-3)8-6-11/h5-8H,4,9H2,1-3H3,(H,17,20)(H,18,19,21). The second kappa shape index (κ2) is 7.82. The Balaban J connectivity index is 1.96. The number of anilines is 1. The number of carbonyl (C=O) groups excluding carboxylic acids is 1. The van der Waals surface area contributed by atoms with E-state index in [4.69, 9.17) is 4.74 Å². The number of nitrogens with zero attached hydrogens (tertiary/aromatic N) is 1. The van der Waals surface area contributed by atoms with Gasteiger partial charge in [-0.2, -0.15) is 0 Å². The van der Waals surface area contributed by atoms with Crippen LogP contribution >= 0.6 is 11.8 Å². The molecule has 2 aromatic rings. The lowest BCUT2D eigenvalue weighted by atomic mass is 10.2. The van der Waals surface area contributed by atoms with Crippen LogP contribution in [-0.2, 0) is 11.2 Å². The van der Waals surface area contributed by atoms with E-state index in [9.17, 15) is 9.59 Å². The molecule has 2 N–H and O–H groups in total. The molecule has 1 amide bonds. The zero-order chi connectivity index (χ0) is 16.8. The number of carbonyl (C=O) groups is 1. The van der Waals surface area contributed by atoms with Gasteiger partial charge in [0.1, 0.15) is 5.75 Å². The minimum atomic E-state index is -0.165. The number of ether oxygens (including phenoxy) is 1. The summed E-state index contributed by atoms with van der Waals surface area (Å²) in [6, 6.07) is 7.08. The second-order valence-corrected chi connectivity index (χ2v) is 5.83. The van der Waals surface area contributed by atoms with Crippen LogP contribution in [0.15, 0.2) is 34.2 Å². The number of aryl methyl sites for hydroxylation is 1. The first-order valence-corrected chi connectivity index (χ1v) is 8.18. The summed E-state index contributed by atoms with van der Waals surface area (Å²) in [5, 5.41) is 3.24. The molecule has 0 saturated carbocycles. The summed E-state index contributed by atoms with van der Waals surface area (Å²) in [6.45, 7) is 3.69. The topological polar surface area (TPSA) is 84.1 Å². The molecule has 0 unspecified atom stereocenters. The van der Waals surface area contributed by atoms with E-state index in [-0.39, 0.29) is 17.2 Å². The smallest absolute Gasteiger partial charge is 0.254 e. The lowest BCUT2D eigenvalue weighted by molar-refractivity contribution is -0.113. The molecule has 7 heteroatoms. The number of methoxy groups -OCH3 is 1. The lowest BCUT2D eigenvalue weighted by Crippen LogP contribution is -2.18. The molecule has 0 spiro atoms. The first-order chi connectivity index (χ1) is 11.0. The van der Waals surface area contributed by atoms with Gasteiger partial charge >= 0.3 is 0 Å². The molecule has 0 aliphatic rings. The molecule has 0 aliphatic heterocycles. The molecule has 0 fully saturated rings. The molecule has 6 nitrogen and oxygen atoms in total. The fourth-order valence-corrected chi connectivity index (χ4v) is 2.65. The lowest BCUT2D eigenvalue weighted by Gasteiger charge is -2.07. The summed E-state index contributed by atoms with van der Waals surface area (Å²) < 4.78 is 5.06. The highest BCUT2D eigenvalue weighted by Gasteiger charge is 2.09. The zero-order valence-corrected chi connectivity index (χ0v) is 14.1. The molecular weight excluding hydrogens is 314 g/mol. The van der Waals surface area contributed by atoms with Crippen LogP contribution in [0.5, 0.6) is 5.75 Å². The highest BCUT2D eigenvalue weighted by atomic mass is 32.2. The van der Waals surface area contributed by atoms with E-state index < -0.39 is 0 Å². The maximum Gasteiger partial charge on any atom is 0.254 e. The van der Waals surface area contributed by atoms with Crippen LogP contribution in [0.4, 0.5) is 5.69 Å². The largest absolute Gasteiger partial charge is 0.497 e. The molecule has 0 radical (unpaired) electrons. The molecular formula is C16H19N3O3S. The fraction of sp³-hybridized carbons (Fsp3) is 0.312. The minimum Gasteiger partial charge on any atom is -0.497 e. The number of amides is 1. The quantitative estimate of drug-likeness (QED) is 0.626. The molecule has 0 aliphatic carbocycles. The molecule has 0 bridgehead atoms.